The molecule has 0 aliphatic carbocycles. The second kappa shape index (κ2) is 13.4. The Morgan fingerprint density at radius 3 is 2.71 bits per heavy atom. The molecule has 4 heterocycles. The van der Waals surface area contributed by atoms with Gasteiger partial charge in [-0.15, -0.1) is 0 Å². The van der Waals surface area contributed by atoms with Crippen LogP contribution in [0.4, 0.5) is 5.82 Å². The van der Waals surface area contributed by atoms with Crippen LogP contribution in [0.25, 0.3) is 0 Å². The third-order valence-electron chi connectivity index (χ3n) is 6.98. The Morgan fingerprint density at radius 1 is 1.02 bits per heavy atom. The first-order chi connectivity index (χ1) is 20.0. The summed E-state index contributed by atoms with van der Waals surface area (Å²) in [4.78, 5) is 29.6. The lowest BCUT2D eigenvalue weighted by Crippen LogP contribution is -2.17. The molecule has 11 heteroatoms. The fraction of sp³-hybridized carbons (Fsp3) is 0.467. The Labute approximate surface area is 239 Å². The highest BCUT2D eigenvalue weighted by Crippen LogP contribution is 2.36. The summed E-state index contributed by atoms with van der Waals surface area (Å²) in [5.74, 6) is 1.75. The van der Waals surface area contributed by atoms with E-state index in [2.05, 4.69) is 16.5 Å². The van der Waals surface area contributed by atoms with Gasteiger partial charge in [0.05, 0.1) is 31.9 Å². The van der Waals surface area contributed by atoms with Crippen LogP contribution in [0, 0.1) is 0 Å². The quantitative estimate of drug-likeness (QED) is 0.307. The highest BCUT2D eigenvalue weighted by molar-refractivity contribution is 5.71. The fourth-order valence-corrected chi connectivity index (χ4v) is 5.03. The number of aryl methyl sites for hydroxylation is 1. The van der Waals surface area contributed by atoms with Crippen molar-refractivity contribution in [1.82, 2.24) is 14.8 Å². The van der Waals surface area contributed by atoms with E-state index in [1.165, 1.54) is 10.2 Å². The van der Waals surface area contributed by atoms with E-state index in [0.29, 0.717) is 49.1 Å². The molecule has 0 fully saturated rings. The van der Waals surface area contributed by atoms with Crippen LogP contribution in [0.3, 0.4) is 0 Å². The van der Waals surface area contributed by atoms with Crippen molar-refractivity contribution in [1.29, 1.82) is 0 Å². The van der Waals surface area contributed by atoms with Crippen LogP contribution in [0.5, 0.6) is 17.4 Å². The Bertz CT molecular complexity index is 1370. The van der Waals surface area contributed by atoms with Crippen molar-refractivity contribution >= 4 is 17.8 Å². The Balaban J connectivity index is 1.33. The smallest absolute Gasteiger partial charge is 0.327 e. The van der Waals surface area contributed by atoms with Gasteiger partial charge in [0.1, 0.15) is 12.4 Å². The van der Waals surface area contributed by atoms with Crippen molar-refractivity contribution in [3.05, 3.63) is 58.9 Å². The van der Waals surface area contributed by atoms with Crippen molar-refractivity contribution in [3.63, 3.8) is 0 Å². The van der Waals surface area contributed by atoms with Gasteiger partial charge in [0.15, 0.2) is 11.5 Å². The van der Waals surface area contributed by atoms with Gasteiger partial charge < -0.3 is 29.0 Å². The van der Waals surface area contributed by atoms with E-state index in [0.717, 1.165) is 36.5 Å². The molecule has 5 rings (SSSR count). The third kappa shape index (κ3) is 7.27. The second-order valence-corrected chi connectivity index (χ2v) is 9.90. The predicted molar refractivity (Wildman–Crippen MR) is 149 cm³/mol. The molecule has 218 valence electrons. The zero-order valence-corrected chi connectivity index (χ0v) is 23.5. The number of esters is 2. The first kappa shape index (κ1) is 28.3. The molecular formula is C30H36N4O7. The van der Waals surface area contributed by atoms with Gasteiger partial charge in [0, 0.05) is 30.6 Å². The average molecular weight is 565 g/mol. The highest BCUT2D eigenvalue weighted by atomic mass is 16.7. The highest BCUT2D eigenvalue weighted by Gasteiger charge is 2.24. The number of carbonyl (C=O) groups excluding carboxylic acids is 2. The number of nitrogens with one attached hydrogen (secondary N) is 1. The number of hydrogen-bond donors (Lipinski definition) is 1. The van der Waals surface area contributed by atoms with Gasteiger partial charge in [-0.25, -0.2) is 9.67 Å². The normalized spacial score (nSPS) is 14.1. The largest absolute Gasteiger partial charge is 0.477 e. The van der Waals surface area contributed by atoms with E-state index in [9.17, 15) is 9.59 Å². The maximum Gasteiger partial charge on any atom is 0.327 e. The van der Waals surface area contributed by atoms with Gasteiger partial charge in [-0.1, -0.05) is 12.1 Å². The maximum absolute atomic E-state index is 12.5. The molecule has 0 unspecified atom stereocenters. The summed E-state index contributed by atoms with van der Waals surface area (Å²) >= 11 is 0. The molecule has 0 amide bonds. The number of benzene rings is 1. The molecule has 0 saturated heterocycles. The number of fused-ring (bicyclic) bond motifs is 2. The van der Waals surface area contributed by atoms with Gasteiger partial charge in [-0.3, -0.25) is 9.59 Å². The molecule has 1 aromatic carbocycles. The van der Waals surface area contributed by atoms with Crippen LogP contribution in [0.1, 0.15) is 55.1 Å². The number of hydrogen-bond acceptors (Lipinski definition) is 10. The molecule has 2 aliphatic heterocycles. The van der Waals surface area contributed by atoms with Crippen molar-refractivity contribution in [2.45, 2.75) is 58.4 Å². The van der Waals surface area contributed by atoms with E-state index in [-0.39, 0.29) is 38.3 Å². The average Bonchev–Trinajstić information content (AvgIpc) is 3.59. The summed E-state index contributed by atoms with van der Waals surface area (Å²) in [6.07, 6.45) is 3.32. The van der Waals surface area contributed by atoms with Crippen LogP contribution in [0.2, 0.25) is 0 Å². The number of aromatic nitrogens is 3. The topological polar surface area (TPSA) is 123 Å². The van der Waals surface area contributed by atoms with Crippen LogP contribution in [-0.4, -0.2) is 59.9 Å². The molecule has 2 aliphatic rings. The van der Waals surface area contributed by atoms with Crippen LogP contribution >= 0.6 is 0 Å². The lowest BCUT2D eigenvalue weighted by atomic mass is 9.91. The SMILES string of the molecule is CCOC(=O)C[C@H](Cc1cc(OCCc2ccc3c(n2)NCCC3)n(CC(=O)OCC)n1)c1ccc2c(c1)OCO2. The summed E-state index contributed by atoms with van der Waals surface area (Å²) in [7, 11) is 0. The lowest BCUT2D eigenvalue weighted by Gasteiger charge is -2.17. The molecule has 0 spiro atoms. The summed E-state index contributed by atoms with van der Waals surface area (Å²) in [5, 5.41) is 8.02. The summed E-state index contributed by atoms with van der Waals surface area (Å²) in [6, 6.07) is 11.6. The summed E-state index contributed by atoms with van der Waals surface area (Å²) in [5.41, 5.74) is 3.73. The second-order valence-electron chi connectivity index (χ2n) is 9.90. The van der Waals surface area contributed by atoms with E-state index in [1.54, 1.807) is 13.8 Å². The number of anilines is 1. The van der Waals surface area contributed by atoms with Crippen molar-refractivity contribution in [3.8, 4) is 17.4 Å². The van der Waals surface area contributed by atoms with E-state index < -0.39 is 5.97 Å². The molecule has 3 aromatic rings. The monoisotopic (exact) mass is 564 g/mol. The zero-order chi connectivity index (χ0) is 28.6. The molecule has 11 nitrogen and oxygen atoms in total. The zero-order valence-electron chi connectivity index (χ0n) is 23.5. The standard InChI is InChI=1S/C30H36N4O7/c1-3-37-28(35)16-22(21-8-10-25-26(15-21)41-19-40-25)14-24-17-27(34(33-24)18-29(36)38-4-2)39-13-11-23-9-7-20-6-5-12-31-30(20)32-23/h7-10,15,17,22H,3-6,11-14,16,18-19H2,1-2H3,(H,31,32)/t22-/m0/s1. The number of carbonyl (C=O) groups is 2. The van der Waals surface area contributed by atoms with Gasteiger partial charge in [0.25, 0.3) is 0 Å². The van der Waals surface area contributed by atoms with Crippen molar-refractivity contribution < 1.29 is 33.3 Å². The van der Waals surface area contributed by atoms with Gasteiger partial charge in [-0.05, 0) is 62.4 Å². The number of nitrogens with zero attached hydrogens (tertiary/aromatic N) is 3. The van der Waals surface area contributed by atoms with Crippen LogP contribution < -0.4 is 19.5 Å². The Morgan fingerprint density at radius 2 is 1.85 bits per heavy atom. The van der Waals surface area contributed by atoms with E-state index >= 15 is 0 Å². The van der Waals surface area contributed by atoms with Crippen molar-refractivity contribution in [2.24, 2.45) is 0 Å². The number of ether oxygens (including phenoxy) is 5. The molecule has 0 bridgehead atoms. The number of pyridine rings is 1. The molecule has 41 heavy (non-hydrogen) atoms. The van der Waals surface area contributed by atoms with Gasteiger partial charge in [0.2, 0.25) is 12.7 Å². The molecule has 2 aromatic heterocycles. The Hall–Kier alpha value is -4.28. The van der Waals surface area contributed by atoms with E-state index in [1.807, 2.05) is 30.3 Å². The van der Waals surface area contributed by atoms with Crippen LogP contribution in [-0.2, 0) is 44.9 Å². The van der Waals surface area contributed by atoms with Crippen molar-refractivity contribution in [2.75, 3.05) is 38.5 Å². The van der Waals surface area contributed by atoms with Gasteiger partial charge >= 0.3 is 11.9 Å². The van der Waals surface area contributed by atoms with Crippen LogP contribution in [0.15, 0.2) is 36.4 Å². The first-order valence-corrected chi connectivity index (χ1v) is 14.1. The number of rotatable bonds is 13. The summed E-state index contributed by atoms with van der Waals surface area (Å²) in [6.45, 7) is 5.47. The Kier molecular flexibility index (Phi) is 9.22. The predicted octanol–water partition coefficient (Wildman–Crippen LogP) is 3.83. The molecule has 0 radical (unpaired) electrons. The molecule has 1 atom stereocenters. The molecular weight excluding hydrogens is 528 g/mol. The fourth-order valence-electron chi connectivity index (χ4n) is 5.03. The van der Waals surface area contributed by atoms with E-state index in [4.69, 9.17) is 28.7 Å². The minimum Gasteiger partial charge on any atom is -0.477 e. The maximum atomic E-state index is 12.5. The minimum absolute atomic E-state index is 0.0866. The minimum atomic E-state index is -0.409. The summed E-state index contributed by atoms with van der Waals surface area (Å²) < 4.78 is 29.0. The first-order valence-electron chi connectivity index (χ1n) is 14.1. The third-order valence-corrected chi connectivity index (χ3v) is 6.98. The lowest BCUT2D eigenvalue weighted by molar-refractivity contribution is -0.144. The molecule has 0 saturated carbocycles. The molecule has 1 N–H and O–H groups in total. The van der Waals surface area contributed by atoms with Gasteiger partial charge in [-0.2, -0.15) is 5.10 Å².